The Hall–Kier alpha value is -2.59. The van der Waals surface area contributed by atoms with E-state index < -0.39 is 5.91 Å². The standard InChI is InChI=1S/C16H12N2O2.ClH/c17-16(20)13-11-8-4-5-9-12(11)18-14(15(13)19)10-6-2-1-3-7-10;/h1-9,19H,(H2,17,20);1H. The summed E-state index contributed by atoms with van der Waals surface area (Å²) in [7, 11) is 0. The van der Waals surface area contributed by atoms with Gasteiger partial charge in [-0.05, 0) is 6.07 Å². The van der Waals surface area contributed by atoms with Gasteiger partial charge in [-0.3, -0.25) is 4.79 Å². The average Bonchev–Trinajstić information content (AvgIpc) is 2.47. The van der Waals surface area contributed by atoms with Crippen LogP contribution in [0.25, 0.3) is 22.2 Å². The SMILES string of the molecule is Cl.NC(=O)c1c(O)c(-c2ccccc2)nc2ccccc12. The zero-order valence-electron chi connectivity index (χ0n) is 11.0. The smallest absolute Gasteiger partial charge is 0.253 e. The molecule has 0 aliphatic heterocycles. The summed E-state index contributed by atoms with van der Waals surface area (Å²) >= 11 is 0. The second kappa shape index (κ2) is 5.81. The number of nitrogens with two attached hydrogens (primary N) is 1. The highest BCUT2D eigenvalue weighted by molar-refractivity contribution is 6.09. The Morgan fingerprint density at radius 3 is 2.29 bits per heavy atom. The number of rotatable bonds is 2. The second-order valence-electron chi connectivity index (χ2n) is 4.43. The molecule has 0 radical (unpaired) electrons. The lowest BCUT2D eigenvalue weighted by atomic mass is 10.0. The predicted octanol–water partition coefficient (Wildman–Crippen LogP) is 3.13. The van der Waals surface area contributed by atoms with Crippen molar-refractivity contribution < 1.29 is 9.90 Å². The third kappa shape index (κ3) is 2.53. The summed E-state index contributed by atoms with van der Waals surface area (Å²) in [5.41, 5.74) is 7.22. The molecule has 0 unspecified atom stereocenters. The van der Waals surface area contributed by atoms with Crippen LogP contribution in [0.4, 0.5) is 0 Å². The van der Waals surface area contributed by atoms with Crippen molar-refractivity contribution in [2.75, 3.05) is 0 Å². The van der Waals surface area contributed by atoms with Crippen molar-refractivity contribution >= 4 is 29.2 Å². The number of halogens is 1. The molecule has 2 aromatic carbocycles. The van der Waals surface area contributed by atoms with E-state index in [1.165, 1.54) is 0 Å². The van der Waals surface area contributed by atoms with Crippen LogP contribution < -0.4 is 5.73 Å². The number of pyridine rings is 1. The number of hydrogen-bond acceptors (Lipinski definition) is 3. The third-order valence-corrected chi connectivity index (χ3v) is 3.16. The van der Waals surface area contributed by atoms with E-state index in [1.807, 2.05) is 36.4 Å². The monoisotopic (exact) mass is 300 g/mol. The molecule has 0 saturated carbocycles. The summed E-state index contributed by atoms with van der Waals surface area (Å²) in [6, 6.07) is 16.3. The first kappa shape index (κ1) is 14.8. The van der Waals surface area contributed by atoms with Gasteiger partial charge in [0, 0.05) is 10.9 Å². The molecule has 0 fully saturated rings. The van der Waals surface area contributed by atoms with E-state index in [0.717, 1.165) is 5.56 Å². The Bertz CT molecular complexity index is 804. The van der Waals surface area contributed by atoms with Crippen LogP contribution in [0.3, 0.4) is 0 Å². The predicted molar refractivity (Wildman–Crippen MR) is 84.6 cm³/mol. The number of hydrogen-bond donors (Lipinski definition) is 2. The van der Waals surface area contributed by atoms with Crippen LogP contribution >= 0.6 is 12.4 Å². The minimum Gasteiger partial charge on any atom is -0.505 e. The van der Waals surface area contributed by atoms with Crippen molar-refractivity contribution in [1.29, 1.82) is 0 Å². The largest absolute Gasteiger partial charge is 0.505 e. The van der Waals surface area contributed by atoms with Crippen molar-refractivity contribution in [1.82, 2.24) is 4.98 Å². The normalized spacial score (nSPS) is 10.1. The van der Waals surface area contributed by atoms with E-state index in [2.05, 4.69) is 4.98 Å². The maximum atomic E-state index is 11.7. The molecule has 3 N–H and O–H groups in total. The summed E-state index contributed by atoms with van der Waals surface area (Å²) in [6.07, 6.45) is 0. The number of nitrogens with zero attached hydrogens (tertiary/aromatic N) is 1. The fraction of sp³-hybridized carbons (Fsp3) is 0. The molecular weight excluding hydrogens is 288 g/mol. The summed E-state index contributed by atoms with van der Waals surface area (Å²) in [5, 5.41) is 10.9. The fourth-order valence-electron chi connectivity index (χ4n) is 2.25. The average molecular weight is 301 g/mol. The highest BCUT2D eigenvalue weighted by atomic mass is 35.5. The highest BCUT2D eigenvalue weighted by Crippen LogP contribution is 2.34. The van der Waals surface area contributed by atoms with Crippen LogP contribution in [0.15, 0.2) is 54.6 Å². The van der Waals surface area contributed by atoms with Crippen LogP contribution in [0, 0.1) is 0 Å². The number of aromatic hydroxyl groups is 1. The van der Waals surface area contributed by atoms with Crippen molar-refractivity contribution in [3.05, 3.63) is 60.2 Å². The van der Waals surface area contributed by atoms with Crippen LogP contribution in [-0.4, -0.2) is 16.0 Å². The van der Waals surface area contributed by atoms with Gasteiger partial charge in [0.05, 0.1) is 11.1 Å². The molecule has 1 aromatic heterocycles. The first-order chi connectivity index (χ1) is 9.68. The fourth-order valence-corrected chi connectivity index (χ4v) is 2.25. The van der Waals surface area contributed by atoms with Crippen molar-refractivity contribution in [3.63, 3.8) is 0 Å². The van der Waals surface area contributed by atoms with Crippen molar-refractivity contribution in [2.24, 2.45) is 5.73 Å². The van der Waals surface area contributed by atoms with E-state index in [0.29, 0.717) is 16.6 Å². The molecule has 21 heavy (non-hydrogen) atoms. The Balaban J connectivity index is 0.00000161. The molecule has 3 rings (SSSR count). The van der Waals surface area contributed by atoms with Gasteiger partial charge in [-0.25, -0.2) is 4.98 Å². The summed E-state index contributed by atoms with van der Waals surface area (Å²) < 4.78 is 0. The lowest BCUT2D eigenvalue weighted by molar-refractivity contribution is 0.0999. The Labute approximate surface area is 127 Å². The highest BCUT2D eigenvalue weighted by Gasteiger charge is 2.18. The number of amides is 1. The molecule has 5 heteroatoms. The zero-order valence-corrected chi connectivity index (χ0v) is 11.8. The minimum atomic E-state index is -0.668. The molecule has 1 heterocycles. The molecular formula is C16H13ClN2O2. The molecule has 0 aliphatic rings. The second-order valence-corrected chi connectivity index (χ2v) is 4.43. The van der Waals surface area contributed by atoms with Gasteiger partial charge in [-0.1, -0.05) is 48.5 Å². The first-order valence-corrected chi connectivity index (χ1v) is 6.15. The quantitative estimate of drug-likeness (QED) is 0.763. The number of primary amides is 1. The van der Waals surface area contributed by atoms with Gasteiger partial charge in [-0.15, -0.1) is 12.4 Å². The first-order valence-electron chi connectivity index (χ1n) is 6.15. The maximum absolute atomic E-state index is 11.7. The van der Waals surface area contributed by atoms with Crippen LogP contribution in [0.2, 0.25) is 0 Å². The van der Waals surface area contributed by atoms with Gasteiger partial charge < -0.3 is 10.8 Å². The summed E-state index contributed by atoms with van der Waals surface area (Å²) in [4.78, 5) is 16.1. The van der Waals surface area contributed by atoms with Gasteiger partial charge in [0.25, 0.3) is 5.91 Å². The minimum absolute atomic E-state index is 0. The van der Waals surface area contributed by atoms with Gasteiger partial charge in [0.2, 0.25) is 0 Å². The van der Waals surface area contributed by atoms with Gasteiger partial charge >= 0.3 is 0 Å². The number of benzene rings is 2. The number of fused-ring (bicyclic) bond motifs is 1. The molecule has 0 atom stereocenters. The van der Waals surface area contributed by atoms with E-state index in [9.17, 15) is 9.90 Å². The van der Waals surface area contributed by atoms with Gasteiger partial charge in [0.15, 0.2) is 5.75 Å². The molecule has 0 saturated heterocycles. The number of aromatic nitrogens is 1. The van der Waals surface area contributed by atoms with Crippen molar-refractivity contribution in [2.45, 2.75) is 0 Å². The van der Waals surface area contributed by atoms with Crippen LogP contribution in [-0.2, 0) is 0 Å². The number of carbonyl (C=O) groups excluding carboxylic acids is 1. The van der Waals surface area contributed by atoms with E-state index in [4.69, 9.17) is 5.73 Å². The van der Waals surface area contributed by atoms with Crippen LogP contribution in [0.1, 0.15) is 10.4 Å². The van der Waals surface area contributed by atoms with E-state index in [1.54, 1.807) is 18.2 Å². The molecule has 3 aromatic rings. The number of para-hydroxylation sites is 1. The maximum Gasteiger partial charge on any atom is 0.253 e. The summed E-state index contributed by atoms with van der Waals surface area (Å²) in [5.74, 6) is -0.847. The lowest BCUT2D eigenvalue weighted by Crippen LogP contribution is -2.12. The van der Waals surface area contributed by atoms with Gasteiger partial charge in [0.1, 0.15) is 5.69 Å². The third-order valence-electron chi connectivity index (χ3n) is 3.16. The Kier molecular flexibility index (Phi) is 4.10. The lowest BCUT2D eigenvalue weighted by Gasteiger charge is -2.10. The molecule has 1 amide bonds. The zero-order chi connectivity index (χ0) is 14.1. The molecule has 0 aliphatic carbocycles. The number of carbonyl (C=O) groups is 1. The molecule has 4 nitrogen and oxygen atoms in total. The Morgan fingerprint density at radius 1 is 1.00 bits per heavy atom. The van der Waals surface area contributed by atoms with E-state index >= 15 is 0 Å². The van der Waals surface area contributed by atoms with Crippen molar-refractivity contribution in [3.8, 4) is 17.0 Å². The van der Waals surface area contributed by atoms with Crippen LogP contribution in [0.5, 0.6) is 5.75 Å². The topological polar surface area (TPSA) is 76.2 Å². The van der Waals surface area contributed by atoms with E-state index in [-0.39, 0.29) is 23.7 Å². The Morgan fingerprint density at radius 2 is 1.62 bits per heavy atom. The molecule has 0 spiro atoms. The summed E-state index contributed by atoms with van der Waals surface area (Å²) in [6.45, 7) is 0. The molecule has 106 valence electrons. The van der Waals surface area contributed by atoms with Gasteiger partial charge in [-0.2, -0.15) is 0 Å². The molecule has 0 bridgehead atoms.